The topological polar surface area (TPSA) is 105 Å². The molecule has 0 amide bonds. The fraction of sp³-hybridized carbons (Fsp3) is 0.389. The molecule has 6 aromatic rings. The minimum Gasteiger partial charge on any atom is -0.423 e. The van der Waals surface area contributed by atoms with E-state index in [9.17, 15) is 19.2 Å². The largest absolute Gasteiger partial charge is 0.423 e. The second kappa shape index (κ2) is 36.8. The quantitative estimate of drug-likeness (QED) is 0.0164. The van der Waals surface area contributed by atoms with Crippen LogP contribution in [-0.2, 0) is 22.4 Å². The summed E-state index contributed by atoms with van der Waals surface area (Å²) in [5.74, 6) is -2.87. The van der Waals surface area contributed by atoms with E-state index in [2.05, 4.69) is 38.1 Å². The number of benzene rings is 6. The summed E-state index contributed by atoms with van der Waals surface area (Å²) in [6.45, 7) is 4.52. The van der Waals surface area contributed by atoms with E-state index >= 15 is 4.39 Å². The number of ether oxygens (including phenoxy) is 4. The maximum Gasteiger partial charge on any atom is 0.343 e. The predicted octanol–water partition coefficient (Wildman–Crippen LogP) is 19.7. The summed E-state index contributed by atoms with van der Waals surface area (Å²) in [5, 5.41) is 0. The van der Waals surface area contributed by atoms with E-state index in [0.717, 1.165) is 24.0 Å². The lowest BCUT2D eigenvalue weighted by molar-refractivity contribution is -0.129. The van der Waals surface area contributed by atoms with Gasteiger partial charge in [0.25, 0.3) is 0 Å². The molecule has 6 aromatic carbocycles. The molecule has 0 N–H and O–H groups in total. The SMILES string of the molecule is CCCCCCCCCCCCCCc1ccc(/C=C/C(=O)Oc2ccc(C(=O)Oc3cccc(-c4ccc(OC(=O)c5ccc(OC(=O)/C=C/c6ccc(CCCCCCCCCCCCCC)cc6)cc5)c(F)c4)c3)cc2)cc1. The lowest BCUT2D eigenvalue weighted by Gasteiger charge is -2.10. The van der Waals surface area contributed by atoms with E-state index in [1.807, 2.05) is 24.3 Å². The molecule has 0 radical (unpaired) electrons. The van der Waals surface area contributed by atoms with Crippen LogP contribution in [0.25, 0.3) is 23.3 Å². The van der Waals surface area contributed by atoms with Gasteiger partial charge in [0.15, 0.2) is 11.6 Å². The molecular weight excluding hydrogens is 1010 g/mol. The van der Waals surface area contributed by atoms with Crippen LogP contribution in [0.5, 0.6) is 23.0 Å². The van der Waals surface area contributed by atoms with E-state index in [1.54, 1.807) is 42.5 Å². The van der Waals surface area contributed by atoms with Gasteiger partial charge in [0.05, 0.1) is 11.1 Å². The Hall–Kier alpha value is -7.39. The highest BCUT2D eigenvalue weighted by Crippen LogP contribution is 2.30. The van der Waals surface area contributed by atoms with E-state index < -0.39 is 29.7 Å². The number of carbonyl (C=O) groups is 4. The molecule has 0 aliphatic carbocycles. The van der Waals surface area contributed by atoms with Crippen molar-refractivity contribution >= 4 is 36.0 Å². The van der Waals surface area contributed by atoms with Crippen molar-refractivity contribution in [3.63, 3.8) is 0 Å². The number of hydrogen-bond donors (Lipinski definition) is 0. The summed E-state index contributed by atoms with van der Waals surface area (Å²) in [7, 11) is 0. The number of unbranched alkanes of at least 4 members (excludes halogenated alkanes) is 22. The van der Waals surface area contributed by atoms with Crippen LogP contribution in [0.1, 0.15) is 211 Å². The molecule has 8 nitrogen and oxygen atoms in total. The molecule has 0 aliphatic rings. The number of rotatable bonds is 37. The second-order valence-corrected chi connectivity index (χ2v) is 21.3. The highest BCUT2D eigenvalue weighted by atomic mass is 19.1. The molecule has 81 heavy (non-hydrogen) atoms. The third-order valence-corrected chi connectivity index (χ3v) is 14.6. The lowest BCUT2D eigenvalue weighted by atomic mass is 10.0. The summed E-state index contributed by atoms with van der Waals surface area (Å²) in [6.07, 6.45) is 40.2. The van der Waals surface area contributed by atoms with Crippen LogP contribution < -0.4 is 18.9 Å². The summed E-state index contributed by atoms with van der Waals surface area (Å²) in [5.41, 5.74) is 5.73. The molecule has 0 saturated carbocycles. The summed E-state index contributed by atoms with van der Waals surface area (Å²) in [4.78, 5) is 51.3. The molecule has 0 bridgehead atoms. The van der Waals surface area contributed by atoms with Crippen molar-refractivity contribution in [3.8, 4) is 34.1 Å². The monoisotopic (exact) mass is 1100 g/mol. The van der Waals surface area contributed by atoms with Crippen molar-refractivity contribution in [2.45, 2.75) is 181 Å². The normalized spacial score (nSPS) is 11.3. The predicted molar refractivity (Wildman–Crippen MR) is 326 cm³/mol. The Bertz CT molecular complexity index is 2870. The molecule has 0 heterocycles. The number of esters is 4. The minimum atomic E-state index is -0.796. The zero-order chi connectivity index (χ0) is 57.1. The molecule has 428 valence electrons. The van der Waals surface area contributed by atoms with Crippen LogP contribution in [0.15, 0.2) is 152 Å². The average Bonchev–Trinajstić information content (AvgIpc) is 3.51. The number of aryl methyl sites for hydroxylation is 2. The highest BCUT2D eigenvalue weighted by Gasteiger charge is 2.16. The molecule has 0 aliphatic heterocycles. The van der Waals surface area contributed by atoms with Gasteiger partial charge in [0.1, 0.15) is 17.2 Å². The van der Waals surface area contributed by atoms with E-state index in [-0.39, 0.29) is 34.1 Å². The zero-order valence-corrected chi connectivity index (χ0v) is 48.1. The Morgan fingerprint density at radius 1 is 0.370 bits per heavy atom. The van der Waals surface area contributed by atoms with Gasteiger partial charge in [0, 0.05) is 12.2 Å². The zero-order valence-electron chi connectivity index (χ0n) is 48.1. The fourth-order valence-corrected chi connectivity index (χ4v) is 9.71. The number of halogens is 1. The van der Waals surface area contributed by atoms with Crippen LogP contribution in [0.3, 0.4) is 0 Å². The lowest BCUT2D eigenvalue weighted by Crippen LogP contribution is -2.10. The Kier molecular flexibility index (Phi) is 28.5. The van der Waals surface area contributed by atoms with E-state index in [1.165, 1.54) is 238 Å². The van der Waals surface area contributed by atoms with Crippen LogP contribution in [0.4, 0.5) is 4.39 Å². The molecule has 0 unspecified atom stereocenters. The number of hydrogen-bond acceptors (Lipinski definition) is 8. The molecule has 6 rings (SSSR count). The fourth-order valence-electron chi connectivity index (χ4n) is 9.71. The Balaban J connectivity index is 0.862. The third kappa shape index (κ3) is 24.5. The van der Waals surface area contributed by atoms with Gasteiger partial charge in [-0.15, -0.1) is 0 Å². The van der Waals surface area contributed by atoms with Crippen molar-refractivity contribution in [2.24, 2.45) is 0 Å². The van der Waals surface area contributed by atoms with E-state index in [0.29, 0.717) is 11.1 Å². The van der Waals surface area contributed by atoms with Gasteiger partial charge < -0.3 is 18.9 Å². The molecular formula is C72H85FO8. The average molecular weight is 1100 g/mol. The molecule has 0 fully saturated rings. The van der Waals surface area contributed by atoms with Gasteiger partial charge in [0.2, 0.25) is 0 Å². The summed E-state index contributed by atoms with van der Waals surface area (Å²) >= 11 is 0. The molecule has 0 saturated heterocycles. The van der Waals surface area contributed by atoms with Gasteiger partial charge in [-0.1, -0.05) is 222 Å². The Morgan fingerprint density at radius 3 is 1.16 bits per heavy atom. The maximum atomic E-state index is 15.4. The molecule has 9 heteroatoms. The van der Waals surface area contributed by atoms with Crippen LogP contribution in [-0.4, -0.2) is 23.9 Å². The Morgan fingerprint density at radius 2 is 0.753 bits per heavy atom. The van der Waals surface area contributed by atoms with E-state index in [4.69, 9.17) is 18.9 Å². The smallest absolute Gasteiger partial charge is 0.343 e. The Labute approximate surface area is 482 Å². The van der Waals surface area contributed by atoms with Crippen molar-refractivity contribution in [3.05, 3.63) is 191 Å². The molecule has 0 atom stereocenters. The van der Waals surface area contributed by atoms with Crippen LogP contribution in [0, 0.1) is 5.82 Å². The maximum absolute atomic E-state index is 15.4. The van der Waals surface area contributed by atoms with Crippen LogP contribution in [0.2, 0.25) is 0 Å². The van der Waals surface area contributed by atoms with Gasteiger partial charge in [-0.2, -0.15) is 0 Å². The minimum absolute atomic E-state index is 0.131. The first-order valence-corrected chi connectivity index (χ1v) is 30.2. The highest BCUT2D eigenvalue weighted by molar-refractivity contribution is 5.93. The second-order valence-electron chi connectivity index (χ2n) is 21.3. The van der Waals surface area contributed by atoms with Crippen molar-refractivity contribution in [1.82, 2.24) is 0 Å². The summed E-state index contributed by atoms with van der Waals surface area (Å²) in [6, 6.07) is 39.1. The summed E-state index contributed by atoms with van der Waals surface area (Å²) < 4.78 is 37.3. The van der Waals surface area contributed by atoms with Crippen LogP contribution >= 0.6 is 0 Å². The first-order valence-electron chi connectivity index (χ1n) is 30.2. The van der Waals surface area contributed by atoms with Gasteiger partial charge in [-0.25, -0.2) is 23.6 Å². The number of carbonyl (C=O) groups excluding carboxylic acids is 4. The van der Waals surface area contributed by atoms with Crippen molar-refractivity contribution in [2.75, 3.05) is 0 Å². The van der Waals surface area contributed by atoms with Crippen molar-refractivity contribution in [1.29, 1.82) is 0 Å². The third-order valence-electron chi connectivity index (χ3n) is 14.6. The van der Waals surface area contributed by atoms with Gasteiger partial charge in [-0.05, 0) is 144 Å². The first-order chi connectivity index (χ1) is 39.6. The molecule has 0 aromatic heterocycles. The first kappa shape index (κ1) is 62.8. The van der Waals surface area contributed by atoms with Crippen molar-refractivity contribution < 1.29 is 42.5 Å². The van der Waals surface area contributed by atoms with Gasteiger partial charge in [-0.3, -0.25) is 0 Å². The standard InChI is InChI=1S/C72H85FO8/c1-3-5-7-9-11-13-15-17-19-21-23-25-28-56-32-36-58(37-33-56)40-52-69(74)78-64-47-42-60(43-48-64)71(76)80-66-31-27-30-62(54-66)63-46-51-68(67(73)55-63)81-72(77)61-44-49-65(50-45-61)79-70(75)53-41-59-38-34-57(35-39-59)29-26-24-22-20-18-16-14-12-10-8-6-4-2/h27,30-55H,3-26,28-29H2,1-2H3/b52-40+,53-41+. The molecule has 0 spiro atoms. The van der Waals surface area contributed by atoms with Gasteiger partial charge >= 0.3 is 23.9 Å².